The molecule has 6 nitrogen and oxygen atoms in total. The van der Waals surface area contributed by atoms with Gasteiger partial charge in [0.25, 0.3) is 5.91 Å². The minimum Gasteiger partial charge on any atom is -0.332 e. The van der Waals surface area contributed by atoms with Crippen molar-refractivity contribution in [3.8, 4) is 0 Å². The van der Waals surface area contributed by atoms with E-state index in [4.69, 9.17) is 0 Å². The van der Waals surface area contributed by atoms with Gasteiger partial charge in [0.15, 0.2) is 0 Å². The molecule has 4 rings (SSSR count). The van der Waals surface area contributed by atoms with Crippen LogP contribution >= 0.6 is 0 Å². The van der Waals surface area contributed by atoms with E-state index in [1.54, 1.807) is 46.6 Å². The van der Waals surface area contributed by atoms with Crippen molar-refractivity contribution in [3.05, 3.63) is 54.6 Å². The summed E-state index contributed by atoms with van der Waals surface area (Å²) < 4.78 is 0. The highest BCUT2D eigenvalue weighted by Crippen LogP contribution is 2.36. The molecule has 0 unspecified atom stereocenters. The molecule has 2 fully saturated rings. The highest BCUT2D eigenvalue weighted by atomic mass is 16.2. The quantitative estimate of drug-likeness (QED) is 0.843. The molecule has 2 amide bonds. The lowest BCUT2D eigenvalue weighted by Crippen LogP contribution is -2.40. The molecule has 0 spiro atoms. The standard InChI is InChI=1S/C17H16N4O2/c22-16-10-15-14(21(16)12-4-3-7-18-11-12)6-9-20(15)17(23)13-5-1-2-8-19-13/h1-5,7-8,11,14-15H,6,9-10H2/t14-,15+/m1/s1. The van der Waals surface area contributed by atoms with Crippen LogP contribution in [-0.2, 0) is 4.79 Å². The first kappa shape index (κ1) is 13.9. The molecule has 0 aliphatic carbocycles. The van der Waals surface area contributed by atoms with Crippen molar-refractivity contribution in [2.45, 2.75) is 24.9 Å². The smallest absolute Gasteiger partial charge is 0.272 e. The Morgan fingerprint density at radius 1 is 1.13 bits per heavy atom. The van der Waals surface area contributed by atoms with E-state index in [2.05, 4.69) is 9.97 Å². The molecular weight excluding hydrogens is 292 g/mol. The predicted octanol–water partition coefficient (Wildman–Crippen LogP) is 1.50. The zero-order chi connectivity index (χ0) is 15.8. The maximum atomic E-state index is 12.7. The van der Waals surface area contributed by atoms with E-state index in [1.165, 1.54) is 0 Å². The molecule has 2 aliphatic heterocycles. The number of rotatable bonds is 2. The van der Waals surface area contributed by atoms with Gasteiger partial charge in [-0.1, -0.05) is 6.07 Å². The third-order valence-corrected chi connectivity index (χ3v) is 4.56. The summed E-state index contributed by atoms with van der Waals surface area (Å²) in [5.74, 6) is -0.0505. The maximum absolute atomic E-state index is 12.7. The van der Waals surface area contributed by atoms with E-state index < -0.39 is 0 Å². The predicted molar refractivity (Wildman–Crippen MR) is 83.8 cm³/mol. The lowest BCUT2D eigenvalue weighted by Gasteiger charge is -2.25. The van der Waals surface area contributed by atoms with Crippen LogP contribution in [-0.4, -0.2) is 45.3 Å². The second kappa shape index (κ2) is 5.46. The van der Waals surface area contributed by atoms with E-state index >= 15 is 0 Å². The normalized spacial score (nSPS) is 23.2. The van der Waals surface area contributed by atoms with Gasteiger partial charge in [-0.05, 0) is 30.7 Å². The number of nitrogens with zero attached hydrogens (tertiary/aromatic N) is 4. The first-order valence-electron chi connectivity index (χ1n) is 7.70. The average molecular weight is 308 g/mol. The topological polar surface area (TPSA) is 66.4 Å². The molecule has 0 bridgehead atoms. The highest BCUT2D eigenvalue weighted by Gasteiger charge is 2.49. The molecule has 0 saturated carbocycles. The average Bonchev–Trinajstić information content (AvgIpc) is 3.13. The summed E-state index contributed by atoms with van der Waals surface area (Å²) in [4.78, 5) is 36.9. The Labute approximate surface area is 133 Å². The zero-order valence-electron chi connectivity index (χ0n) is 12.5. The molecule has 0 N–H and O–H groups in total. The summed E-state index contributed by atoms with van der Waals surface area (Å²) >= 11 is 0. The summed E-state index contributed by atoms with van der Waals surface area (Å²) in [6.07, 6.45) is 6.14. The van der Waals surface area contributed by atoms with Crippen LogP contribution in [0, 0.1) is 0 Å². The molecule has 6 heteroatoms. The number of fused-ring (bicyclic) bond motifs is 1. The van der Waals surface area contributed by atoms with Gasteiger partial charge in [0.2, 0.25) is 5.91 Å². The number of likely N-dealkylation sites (tertiary alicyclic amines) is 1. The van der Waals surface area contributed by atoms with Crippen LogP contribution in [0.1, 0.15) is 23.3 Å². The summed E-state index contributed by atoms with van der Waals surface area (Å²) in [7, 11) is 0. The molecule has 2 aromatic rings. The van der Waals surface area contributed by atoms with Crippen molar-refractivity contribution >= 4 is 17.5 Å². The van der Waals surface area contributed by atoms with Gasteiger partial charge in [-0.3, -0.25) is 19.6 Å². The van der Waals surface area contributed by atoms with E-state index in [9.17, 15) is 9.59 Å². The van der Waals surface area contributed by atoms with Gasteiger partial charge in [-0.2, -0.15) is 0 Å². The molecule has 2 aromatic heterocycles. The summed E-state index contributed by atoms with van der Waals surface area (Å²) in [6.45, 7) is 0.648. The van der Waals surface area contributed by atoms with Crippen LogP contribution < -0.4 is 4.90 Å². The maximum Gasteiger partial charge on any atom is 0.272 e. The molecule has 116 valence electrons. The second-order valence-electron chi connectivity index (χ2n) is 5.82. The van der Waals surface area contributed by atoms with Crippen molar-refractivity contribution in [2.75, 3.05) is 11.4 Å². The van der Waals surface area contributed by atoms with E-state index in [-0.39, 0.29) is 23.9 Å². The molecular formula is C17H16N4O2. The third kappa shape index (κ3) is 2.27. The lowest BCUT2D eigenvalue weighted by atomic mass is 10.1. The summed E-state index contributed by atoms with van der Waals surface area (Å²) in [6, 6.07) is 8.95. The van der Waals surface area contributed by atoms with E-state index in [0.29, 0.717) is 18.7 Å². The number of carbonyl (C=O) groups is 2. The van der Waals surface area contributed by atoms with Gasteiger partial charge in [-0.15, -0.1) is 0 Å². The molecule has 23 heavy (non-hydrogen) atoms. The fourth-order valence-corrected chi connectivity index (χ4v) is 3.57. The van der Waals surface area contributed by atoms with Crippen LogP contribution in [0.2, 0.25) is 0 Å². The minimum absolute atomic E-state index is 0.0272. The Morgan fingerprint density at radius 3 is 2.78 bits per heavy atom. The fourth-order valence-electron chi connectivity index (χ4n) is 3.57. The second-order valence-corrected chi connectivity index (χ2v) is 5.82. The number of pyridine rings is 2. The molecule has 0 radical (unpaired) electrons. The van der Waals surface area contributed by atoms with Crippen LogP contribution in [0.15, 0.2) is 48.9 Å². The summed E-state index contributed by atoms with van der Waals surface area (Å²) in [5.41, 5.74) is 1.23. The Hall–Kier alpha value is -2.76. The lowest BCUT2D eigenvalue weighted by molar-refractivity contribution is -0.117. The number of amides is 2. The highest BCUT2D eigenvalue weighted by molar-refractivity contribution is 5.99. The van der Waals surface area contributed by atoms with Crippen molar-refractivity contribution < 1.29 is 9.59 Å². The Morgan fingerprint density at radius 2 is 2.04 bits per heavy atom. The van der Waals surface area contributed by atoms with Crippen LogP contribution in [0.5, 0.6) is 0 Å². The fraction of sp³-hybridized carbons (Fsp3) is 0.294. The minimum atomic E-state index is -0.0982. The Bertz CT molecular complexity index is 735. The first-order chi connectivity index (χ1) is 11.3. The van der Waals surface area contributed by atoms with Gasteiger partial charge in [0.05, 0.1) is 24.0 Å². The number of aromatic nitrogens is 2. The monoisotopic (exact) mass is 308 g/mol. The summed E-state index contributed by atoms with van der Waals surface area (Å²) in [5, 5.41) is 0. The van der Waals surface area contributed by atoms with E-state index in [0.717, 1.165) is 12.1 Å². The molecule has 0 aromatic carbocycles. The number of carbonyl (C=O) groups excluding carboxylic acids is 2. The van der Waals surface area contributed by atoms with Crippen LogP contribution in [0.3, 0.4) is 0 Å². The molecule has 2 saturated heterocycles. The zero-order valence-corrected chi connectivity index (χ0v) is 12.5. The molecule has 4 heterocycles. The van der Waals surface area contributed by atoms with Gasteiger partial charge in [0, 0.05) is 25.4 Å². The van der Waals surface area contributed by atoms with Gasteiger partial charge in [-0.25, -0.2) is 0 Å². The van der Waals surface area contributed by atoms with Crippen molar-refractivity contribution in [2.24, 2.45) is 0 Å². The van der Waals surface area contributed by atoms with E-state index in [1.807, 2.05) is 12.1 Å². The number of anilines is 1. The van der Waals surface area contributed by atoms with Gasteiger partial charge < -0.3 is 9.80 Å². The van der Waals surface area contributed by atoms with Crippen molar-refractivity contribution in [1.82, 2.24) is 14.9 Å². The van der Waals surface area contributed by atoms with Crippen molar-refractivity contribution in [1.29, 1.82) is 0 Å². The Balaban J connectivity index is 1.60. The van der Waals surface area contributed by atoms with Gasteiger partial charge in [0.1, 0.15) is 5.69 Å². The molecule has 2 atom stereocenters. The number of hydrogen-bond acceptors (Lipinski definition) is 4. The molecule has 2 aliphatic rings. The largest absolute Gasteiger partial charge is 0.332 e. The van der Waals surface area contributed by atoms with Crippen LogP contribution in [0.4, 0.5) is 5.69 Å². The number of hydrogen-bond donors (Lipinski definition) is 0. The van der Waals surface area contributed by atoms with Gasteiger partial charge >= 0.3 is 0 Å². The third-order valence-electron chi connectivity index (χ3n) is 4.56. The Kier molecular flexibility index (Phi) is 3.29. The first-order valence-corrected chi connectivity index (χ1v) is 7.70. The SMILES string of the molecule is O=C(c1ccccn1)N1CC[C@@H]2[C@@H]1CC(=O)N2c1cccnc1. The van der Waals surface area contributed by atoms with Crippen molar-refractivity contribution in [3.63, 3.8) is 0 Å². The van der Waals surface area contributed by atoms with Crippen LogP contribution in [0.25, 0.3) is 0 Å².